The smallest absolute Gasteiger partial charge is 0.256 e. The zero-order valence-corrected chi connectivity index (χ0v) is 19.2. The summed E-state index contributed by atoms with van der Waals surface area (Å²) in [5.74, 6) is 2.53. The standard InChI is InChI=1S/C26H32N2O2S/c1-3-19-8-4-6-10-23(19)28-26(30)21-9-5-7-11-24(21)31-16-25(29)27-17(2)22-15-18-12-13-20(22)14-18/h4-11,17-18,20,22H,3,12-16H2,1-2H3,(H,27,29)(H,28,30)/t17-,18+,20+,22+/m1/s1. The van der Waals surface area contributed by atoms with Crippen molar-refractivity contribution in [3.63, 3.8) is 0 Å². The van der Waals surface area contributed by atoms with Crippen molar-refractivity contribution in [2.75, 3.05) is 11.1 Å². The lowest BCUT2D eigenvalue weighted by Gasteiger charge is -2.28. The van der Waals surface area contributed by atoms with Gasteiger partial charge in [0.15, 0.2) is 0 Å². The van der Waals surface area contributed by atoms with Gasteiger partial charge in [-0.05, 0) is 74.1 Å². The fourth-order valence-electron chi connectivity index (χ4n) is 5.37. The first-order chi connectivity index (χ1) is 15.0. The van der Waals surface area contributed by atoms with Crippen molar-refractivity contribution in [2.24, 2.45) is 17.8 Å². The predicted octanol–water partition coefficient (Wildman–Crippen LogP) is 5.53. The summed E-state index contributed by atoms with van der Waals surface area (Å²) in [5.41, 5.74) is 2.55. The van der Waals surface area contributed by atoms with Gasteiger partial charge in [-0.2, -0.15) is 0 Å². The Labute approximate surface area is 189 Å². The lowest BCUT2D eigenvalue weighted by atomic mass is 9.84. The highest BCUT2D eigenvalue weighted by molar-refractivity contribution is 8.00. The molecular formula is C26H32N2O2S. The Kier molecular flexibility index (Phi) is 7.01. The van der Waals surface area contributed by atoms with Crippen molar-refractivity contribution >= 4 is 29.3 Å². The van der Waals surface area contributed by atoms with Crippen molar-refractivity contribution in [2.45, 2.75) is 56.9 Å². The number of benzene rings is 2. The molecule has 0 aromatic heterocycles. The first-order valence-corrected chi connectivity index (χ1v) is 12.4. The van der Waals surface area contributed by atoms with Gasteiger partial charge in [-0.1, -0.05) is 43.7 Å². The van der Waals surface area contributed by atoms with Gasteiger partial charge < -0.3 is 10.6 Å². The van der Waals surface area contributed by atoms with E-state index in [4.69, 9.17) is 0 Å². The van der Waals surface area contributed by atoms with Crippen LogP contribution in [0.2, 0.25) is 0 Å². The molecule has 2 fully saturated rings. The molecule has 2 aliphatic carbocycles. The summed E-state index contributed by atoms with van der Waals surface area (Å²) in [5, 5.41) is 6.26. The summed E-state index contributed by atoms with van der Waals surface area (Å²) in [6.07, 6.45) is 6.17. The number of thioether (sulfide) groups is 1. The van der Waals surface area contributed by atoms with Crippen LogP contribution in [0.5, 0.6) is 0 Å². The lowest BCUT2D eigenvalue weighted by Crippen LogP contribution is -2.40. The minimum Gasteiger partial charge on any atom is -0.353 e. The van der Waals surface area contributed by atoms with E-state index in [1.807, 2.05) is 48.5 Å². The van der Waals surface area contributed by atoms with Crippen LogP contribution in [0.25, 0.3) is 0 Å². The van der Waals surface area contributed by atoms with Crippen LogP contribution >= 0.6 is 11.8 Å². The Bertz CT molecular complexity index is 945. The average molecular weight is 437 g/mol. The van der Waals surface area contributed by atoms with E-state index in [2.05, 4.69) is 24.5 Å². The highest BCUT2D eigenvalue weighted by Gasteiger charge is 2.42. The molecule has 0 spiro atoms. The highest BCUT2D eigenvalue weighted by atomic mass is 32.2. The molecule has 2 aromatic carbocycles. The van der Waals surface area contributed by atoms with E-state index >= 15 is 0 Å². The van der Waals surface area contributed by atoms with E-state index in [1.54, 1.807) is 0 Å². The lowest BCUT2D eigenvalue weighted by molar-refractivity contribution is -0.119. The second-order valence-corrected chi connectivity index (χ2v) is 9.96. The minimum atomic E-state index is -0.139. The highest BCUT2D eigenvalue weighted by Crippen LogP contribution is 2.49. The number of amides is 2. The Morgan fingerprint density at radius 1 is 1.06 bits per heavy atom. The second-order valence-electron chi connectivity index (χ2n) is 8.94. The molecule has 164 valence electrons. The van der Waals surface area contributed by atoms with Gasteiger partial charge in [0.1, 0.15) is 0 Å². The summed E-state index contributed by atoms with van der Waals surface area (Å²) in [6.45, 7) is 4.23. The number of para-hydroxylation sites is 1. The molecule has 2 aliphatic rings. The zero-order chi connectivity index (χ0) is 21.8. The topological polar surface area (TPSA) is 58.2 Å². The van der Waals surface area contributed by atoms with Gasteiger partial charge in [-0.15, -0.1) is 11.8 Å². The van der Waals surface area contributed by atoms with Gasteiger partial charge in [0.25, 0.3) is 5.91 Å². The molecule has 4 nitrogen and oxygen atoms in total. The number of fused-ring (bicyclic) bond motifs is 2. The number of nitrogens with one attached hydrogen (secondary N) is 2. The number of rotatable bonds is 8. The van der Waals surface area contributed by atoms with Gasteiger partial charge in [0.2, 0.25) is 5.91 Å². The predicted molar refractivity (Wildman–Crippen MR) is 127 cm³/mol. The van der Waals surface area contributed by atoms with E-state index in [9.17, 15) is 9.59 Å². The van der Waals surface area contributed by atoms with Crippen LogP contribution in [0.3, 0.4) is 0 Å². The summed E-state index contributed by atoms with van der Waals surface area (Å²) < 4.78 is 0. The molecular weight excluding hydrogens is 404 g/mol. The molecule has 2 saturated carbocycles. The number of hydrogen-bond donors (Lipinski definition) is 2. The van der Waals surface area contributed by atoms with E-state index in [-0.39, 0.29) is 17.9 Å². The summed E-state index contributed by atoms with van der Waals surface area (Å²) >= 11 is 1.43. The number of carbonyl (C=O) groups excluding carboxylic acids is 2. The molecule has 0 unspecified atom stereocenters. The maximum atomic E-state index is 12.9. The SMILES string of the molecule is CCc1ccccc1NC(=O)c1ccccc1SCC(=O)N[C@H](C)[C@@H]1C[C@H]2CC[C@H]1C2. The molecule has 0 radical (unpaired) electrons. The maximum absolute atomic E-state index is 12.9. The summed E-state index contributed by atoms with van der Waals surface area (Å²) in [6, 6.07) is 15.6. The Balaban J connectivity index is 1.35. The van der Waals surface area contributed by atoms with Crippen LogP contribution in [0.15, 0.2) is 53.4 Å². The zero-order valence-electron chi connectivity index (χ0n) is 18.4. The van der Waals surface area contributed by atoms with Crippen LogP contribution in [-0.4, -0.2) is 23.6 Å². The molecule has 4 atom stereocenters. The number of hydrogen-bond acceptors (Lipinski definition) is 3. The summed E-state index contributed by atoms with van der Waals surface area (Å²) in [4.78, 5) is 26.4. The third-order valence-electron chi connectivity index (χ3n) is 6.96. The van der Waals surface area contributed by atoms with Crippen LogP contribution < -0.4 is 10.6 Å². The molecule has 0 heterocycles. The van der Waals surface area contributed by atoms with Gasteiger partial charge >= 0.3 is 0 Å². The Hall–Kier alpha value is -2.27. The Morgan fingerprint density at radius 3 is 2.58 bits per heavy atom. The van der Waals surface area contributed by atoms with E-state index in [0.29, 0.717) is 17.2 Å². The average Bonchev–Trinajstić information content (AvgIpc) is 3.42. The molecule has 2 N–H and O–H groups in total. The molecule has 0 aliphatic heterocycles. The van der Waals surface area contributed by atoms with Crippen LogP contribution in [0.1, 0.15) is 55.5 Å². The normalized spacial score (nSPS) is 22.8. The quantitative estimate of drug-likeness (QED) is 0.535. The van der Waals surface area contributed by atoms with Crippen LogP contribution in [0, 0.1) is 17.8 Å². The second kappa shape index (κ2) is 9.90. The van der Waals surface area contributed by atoms with Crippen LogP contribution in [0.4, 0.5) is 5.69 Å². The largest absolute Gasteiger partial charge is 0.353 e. The third-order valence-corrected chi connectivity index (χ3v) is 8.03. The number of aryl methyl sites for hydroxylation is 1. The first-order valence-electron chi connectivity index (χ1n) is 11.5. The monoisotopic (exact) mass is 436 g/mol. The van der Waals surface area contributed by atoms with Crippen molar-refractivity contribution in [3.8, 4) is 0 Å². The molecule has 2 aromatic rings. The number of anilines is 1. The first kappa shape index (κ1) is 21.9. The fourth-order valence-corrected chi connectivity index (χ4v) is 6.23. The molecule has 2 amide bonds. The summed E-state index contributed by atoms with van der Waals surface area (Å²) in [7, 11) is 0. The molecule has 31 heavy (non-hydrogen) atoms. The fraction of sp³-hybridized carbons (Fsp3) is 0.462. The van der Waals surface area contributed by atoms with E-state index < -0.39 is 0 Å². The molecule has 5 heteroatoms. The molecule has 0 saturated heterocycles. The minimum absolute atomic E-state index is 0.0480. The number of carbonyl (C=O) groups is 2. The van der Waals surface area contributed by atoms with E-state index in [0.717, 1.165) is 34.4 Å². The van der Waals surface area contributed by atoms with Crippen molar-refractivity contribution in [1.82, 2.24) is 5.32 Å². The Morgan fingerprint density at radius 2 is 1.84 bits per heavy atom. The van der Waals surface area contributed by atoms with Crippen molar-refractivity contribution in [1.29, 1.82) is 0 Å². The van der Waals surface area contributed by atoms with Gasteiger partial charge in [0.05, 0.1) is 11.3 Å². The van der Waals surface area contributed by atoms with E-state index in [1.165, 1.54) is 37.4 Å². The van der Waals surface area contributed by atoms with Gasteiger partial charge in [0, 0.05) is 16.6 Å². The van der Waals surface area contributed by atoms with Crippen molar-refractivity contribution in [3.05, 3.63) is 59.7 Å². The van der Waals surface area contributed by atoms with Gasteiger partial charge in [-0.3, -0.25) is 9.59 Å². The van der Waals surface area contributed by atoms with Crippen LogP contribution in [-0.2, 0) is 11.2 Å². The van der Waals surface area contributed by atoms with Crippen molar-refractivity contribution < 1.29 is 9.59 Å². The van der Waals surface area contributed by atoms with Gasteiger partial charge in [-0.25, -0.2) is 0 Å². The third kappa shape index (κ3) is 5.15. The maximum Gasteiger partial charge on any atom is 0.256 e. The molecule has 2 bridgehead atoms. The molecule has 4 rings (SSSR count).